The fraction of sp³-hybridized carbons (Fsp3) is 0.571. The van der Waals surface area contributed by atoms with Crippen molar-refractivity contribution >= 4 is 0 Å². The Morgan fingerprint density at radius 2 is 1.88 bits per heavy atom. The van der Waals surface area contributed by atoms with Crippen LogP contribution in [0.5, 0.6) is 0 Å². The molecule has 2 nitrogen and oxygen atoms in total. The molecule has 96 valence electrons. The minimum absolute atomic E-state index is 0. The monoisotopic (exact) mass is 346 g/mol. The maximum absolute atomic E-state index is 2.49. The van der Waals surface area contributed by atoms with E-state index in [0.717, 1.165) is 4.48 Å². The Balaban J connectivity index is 0.00000144. The zero-order valence-corrected chi connectivity index (χ0v) is 13.4. The van der Waals surface area contributed by atoms with E-state index >= 15 is 0 Å². The van der Waals surface area contributed by atoms with Gasteiger partial charge in [0.25, 0.3) is 0 Å². The Hall–Kier alpha value is -0.130. The molecule has 0 aliphatic carbocycles. The van der Waals surface area contributed by atoms with Gasteiger partial charge in [-0.1, -0.05) is 24.3 Å². The summed E-state index contributed by atoms with van der Waals surface area (Å²) in [5.41, 5.74) is 3.07. The number of hydrogen-bond donors (Lipinski definition) is 0. The van der Waals surface area contributed by atoms with Crippen LogP contribution in [0.3, 0.4) is 0 Å². The molecule has 0 aromatic heterocycles. The van der Waals surface area contributed by atoms with Crippen LogP contribution in [-0.4, -0.2) is 50.7 Å². The molecule has 0 bridgehead atoms. The summed E-state index contributed by atoms with van der Waals surface area (Å²) in [6.07, 6.45) is 1.19. The Kier molecular flexibility index (Phi) is 4.98. The van der Waals surface area contributed by atoms with Gasteiger partial charge in [-0.25, -0.2) is 0 Å². The van der Waals surface area contributed by atoms with Crippen molar-refractivity contribution in [3.05, 3.63) is 35.4 Å². The smallest absolute Gasteiger partial charge is 0.0981 e. The summed E-state index contributed by atoms with van der Waals surface area (Å²) in [6.45, 7) is 2.36. The predicted octanol–water partition coefficient (Wildman–Crippen LogP) is -1.07. The molecule has 0 radical (unpaired) electrons. The van der Waals surface area contributed by atoms with Crippen molar-refractivity contribution in [2.75, 3.05) is 41.3 Å². The third kappa shape index (κ3) is 3.66. The van der Waals surface area contributed by atoms with E-state index in [4.69, 9.17) is 0 Å². The lowest BCUT2D eigenvalue weighted by Crippen LogP contribution is -3.00. The topological polar surface area (TPSA) is 3.24 Å². The van der Waals surface area contributed by atoms with Crippen molar-refractivity contribution in [3.8, 4) is 0 Å². The first-order valence-corrected chi connectivity index (χ1v) is 6.06. The first-order valence-electron chi connectivity index (χ1n) is 6.06. The van der Waals surface area contributed by atoms with Crippen molar-refractivity contribution in [1.29, 1.82) is 0 Å². The van der Waals surface area contributed by atoms with E-state index in [1.165, 1.54) is 25.1 Å². The summed E-state index contributed by atoms with van der Waals surface area (Å²) in [5.74, 6) is 0. The number of fused-ring (bicyclic) bond motifs is 1. The Labute approximate surface area is 122 Å². The van der Waals surface area contributed by atoms with Crippen LogP contribution in [0.4, 0.5) is 0 Å². The SMILES string of the molecule is CN1CCc2ccccc2C1C[N+](C)(C)C.[I-]. The lowest BCUT2D eigenvalue weighted by atomic mass is 9.92. The van der Waals surface area contributed by atoms with E-state index in [1.807, 2.05) is 0 Å². The van der Waals surface area contributed by atoms with Crippen molar-refractivity contribution in [2.45, 2.75) is 12.5 Å². The molecule has 1 aliphatic heterocycles. The van der Waals surface area contributed by atoms with Crippen LogP contribution in [-0.2, 0) is 6.42 Å². The summed E-state index contributed by atoms with van der Waals surface area (Å²) in [6, 6.07) is 9.48. The second-order valence-corrected chi connectivity index (χ2v) is 5.92. The number of likely N-dealkylation sites (N-methyl/N-ethyl adjacent to an activating group) is 2. The van der Waals surface area contributed by atoms with E-state index < -0.39 is 0 Å². The van der Waals surface area contributed by atoms with Crippen molar-refractivity contribution < 1.29 is 28.5 Å². The molecular weight excluding hydrogens is 323 g/mol. The average molecular weight is 346 g/mol. The molecule has 2 rings (SSSR count). The number of halogens is 1. The predicted molar refractivity (Wildman–Crippen MR) is 68.4 cm³/mol. The highest BCUT2D eigenvalue weighted by Gasteiger charge is 2.28. The first-order chi connectivity index (χ1) is 7.47. The van der Waals surface area contributed by atoms with Gasteiger partial charge in [-0.05, 0) is 24.6 Å². The minimum atomic E-state index is 0. The summed E-state index contributed by atoms with van der Waals surface area (Å²) in [5, 5.41) is 0. The van der Waals surface area contributed by atoms with Crippen molar-refractivity contribution in [2.24, 2.45) is 0 Å². The molecule has 1 aromatic carbocycles. The van der Waals surface area contributed by atoms with Gasteiger partial charge in [0, 0.05) is 6.54 Å². The molecule has 1 atom stereocenters. The van der Waals surface area contributed by atoms with Gasteiger partial charge in [0.05, 0.1) is 33.7 Å². The lowest BCUT2D eigenvalue weighted by molar-refractivity contribution is -0.873. The van der Waals surface area contributed by atoms with Gasteiger partial charge in [0.1, 0.15) is 0 Å². The van der Waals surface area contributed by atoms with Crippen LogP contribution < -0.4 is 24.0 Å². The van der Waals surface area contributed by atoms with Gasteiger partial charge < -0.3 is 28.5 Å². The standard InChI is InChI=1S/C14H23N2.HI/c1-15-10-9-12-7-5-6-8-13(12)14(15)11-16(2,3)4;/h5-8,14H,9-11H2,1-4H3;1H/q+1;/p-1. The van der Waals surface area contributed by atoms with Gasteiger partial charge in [-0.15, -0.1) is 0 Å². The number of nitrogens with zero attached hydrogens (tertiary/aromatic N) is 2. The van der Waals surface area contributed by atoms with Gasteiger partial charge >= 0.3 is 0 Å². The summed E-state index contributed by atoms with van der Waals surface area (Å²) in [4.78, 5) is 2.49. The largest absolute Gasteiger partial charge is 1.00 e. The van der Waals surface area contributed by atoms with Gasteiger partial charge in [0.15, 0.2) is 0 Å². The zero-order chi connectivity index (χ0) is 11.8. The van der Waals surface area contributed by atoms with Crippen LogP contribution in [0.2, 0.25) is 0 Å². The summed E-state index contributed by atoms with van der Waals surface area (Å²) < 4.78 is 1.02. The van der Waals surface area contributed by atoms with Crippen LogP contribution in [0.1, 0.15) is 17.2 Å². The molecule has 1 aliphatic rings. The van der Waals surface area contributed by atoms with Gasteiger partial charge in [-0.3, -0.25) is 4.90 Å². The van der Waals surface area contributed by atoms with Crippen LogP contribution in [0, 0.1) is 0 Å². The second-order valence-electron chi connectivity index (χ2n) is 5.92. The van der Waals surface area contributed by atoms with E-state index in [1.54, 1.807) is 5.56 Å². The molecule has 0 saturated carbocycles. The van der Waals surface area contributed by atoms with Gasteiger partial charge in [0.2, 0.25) is 0 Å². The molecule has 1 unspecified atom stereocenters. The fourth-order valence-corrected chi connectivity index (χ4v) is 2.53. The Morgan fingerprint density at radius 1 is 1.24 bits per heavy atom. The molecule has 3 heteroatoms. The zero-order valence-electron chi connectivity index (χ0n) is 11.3. The highest BCUT2D eigenvalue weighted by atomic mass is 127. The highest BCUT2D eigenvalue weighted by molar-refractivity contribution is 5.32. The number of rotatable bonds is 2. The molecular formula is C14H23IN2. The number of quaternary nitrogens is 1. The number of benzene rings is 1. The van der Waals surface area contributed by atoms with E-state index in [9.17, 15) is 0 Å². The molecule has 0 saturated heterocycles. The first kappa shape index (κ1) is 14.9. The number of hydrogen-bond acceptors (Lipinski definition) is 1. The van der Waals surface area contributed by atoms with E-state index in [0.29, 0.717) is 6.04 Å². The van der Waals surface area contributed by atoms with Gasteiger partial charge in [-0.2, -0.15) is 0 Å². The van der Waals surface area contributed by atoms with Crippen LogP contribution >= 0.6 is 0 Å². The van der Waals surface area contributed by atoms with E-state index in [2.05, 4.69) is 57.4 Å². The normalized spacial score (nSPS) is 20.6. The average Bonchev–Trinajstić information content (AvgIpc) is 2.21. The summed E-state index contributed by atoms with van der Waals surface area (Å²) in [7, 11) is 9.05. The molecule has 0 spiro atoms. The van der Waals surface area contributed by atoms with Crippen LogP contribution in [0.25, 0.3) is 0 Å². The minimum Gasteiger partial charge on any atom is -1.00 e. The molecule has 1 aromatic rings. The molecule has 17 heavy (non-hydrogen) atoms. The molecule has 0 N–H and O–H groups in total. The van der Waals surface area contributed by atoms with E-state index in [-0.39, 0.29) is 24.0 Å². The van der Waals surface area contributed by atoms with Crippen LogP contribution in [0.15, 0.2) is 24.3 Å². The van der Waals surface area contributed by atoms with Crippen molar-refractivity contribution in [1.82, 2.24) is 4.90 Å². The third-order valence-corrected chi connectivity index (χ3v) is 3.40. The Morgan fingerprint density at radius 3 is 2.53 bits per heavy atom. The molecule has 0 fully saturated rings. The maximum atomic E-state index is 2.49. The third-order valence-electron chi connectivity index (χ3n) is 3.40. The van der Waals surface area contributed by atoms with Crippen molar-refractivity contribution in [3.63, 3.8) is 0 Å². The second kappa shape index (κ2) is 5.67. The molecule has 0 amide bonds. The maximum Gasteiger partial charge on any atom is 0.0981 e. The quantitative estimate of drug-likeness (QED) is 0.487. The fourth-order valence-electron chi connectivity index (χ4n) is 2.53. The molecule has 1 heterocycles. The lowest BCUT2D eigenvalue weighted by Gasteiger charge is -2.38. The summed E-state index contributed by atoms with van der Waals surface area (Å²) >= 11 is 0. The Bertz CT molecular complexity index is 371. The highest BCUT2D eigenvalue weighted by Crippen LogP contribution is 2.29.